The predicted octanol–water partition coefficient (Wildman–Crippen LogP) is 3.53. The first kappa shape index (κ1) is 11.0. The molecule has 3 rings (SSSR count). The molecule has 2 heterocycles. The third kappa shape index (κ3) is 1.71. The molecule has 0 spiro atoms. The summed E-state index contributed by atoms with van der Waals surface area (Å²) in [5.41, 5.74) is 8.57. The molecular formula is C14H13N3S. The van der Waals surface area contributed by atoms with Crippen LogP contribution in [0.15, 0.2) is 48.4 Å². The van der Waals surface area contributed by atoms with E-state index in [-0.39, 0.29) is 0 Å². The number of nitrogens with two attached hydrogens (primary N) is 1. The zero-order valence-electron chi connectivity index (χ0n) is 9.84. The Kier molecular flexibility index (Phi) is 2.64. The van der Waals surface area contributed by atoms with Crippen molar-refractivity contribution < 1.29 is 0 Å². The number of rotatable bonds is 3. The number of thiophene rings is 1. The van der Waals surface area contributed by atoms with Gasteiger partial charge in [0, 0.05) is 12.2 Å². The van der Waals surface area contributed by atoms with Gasteiger partial charge < -0.3 is 10.3 Å². The number of benzene rings is 1. The Balaban J connectivity index is 2.30. The number of nitrogen functional groups attached to an aromatic ring is 1. The third-order valence-electron chi connectivity index (χ3n) is 2.83. The van der Waals surface area contributed by atoms with Gasteiger partial charge in [0.2, 0.25) is 0 Å². The second-order valence-electron chi connectivity index (χ2n) is 4.06. The van der Waals surface area contributed by atoms with Crippen LogP contribution in [0.1, 0.15) is 0 Å². The van der Waals surface area contributed by atoms with Crippen LogP contribution in [-0.2, 0) is 6.54 Å². The summed E-state index contributed by atoms with van der Waals surface area (Å²) >= 11 is 1.69. The molecule has 3 nitrogen and oxygen atoms in total. The van der Waals surface area contributed by atoms with E-state index in [0.29, 0.717) is 0 Å². The van der Waals surface area contributed by atoms with Crippen molar-refractivity contribution >= 4 is 28.1 Å². The lowest BCUT2D eigenvalue weighted by Crippen LogP contribution is -1.97. The Labute approximate surface area is 109 Å². The molecule has 3 aromatic rings. The summed E-state index contributed by atoms with van der Waals surface area (Å²) in [7, 11) is 0. The average Bonchev–Trinajstić information content (AvgIpc) is 2.97. The molecule has 2 aromatic heterocycles. The number of aromatic nitrogens is 2. The number of fused-ring (bicyclic) bond motifs is 1. The Morgan fingerprint density at radius 2 is 2.28 bits per heavy atom. The van der Waals surface area contributed by atoms with Gasteiger partial charge in [-0.15, -0.1) is 17.9 Å². The van der Waals surface area contributed by atoms with Gasteiger partial charge in [-0.3, -0.25) is 0 Å². The Morgan fingerprint density at radius 3 is 3.00 bits per heavy atom. The van der Waals surface area contributed by atoms with Crippen LogP contribution < -0.4 is 5.73 Å². The number of allylic oxidation sites excluding steroid dienone is 1. The fourth-order valence-electron chi connectivity index (χ4n) is 2.05. The van der Waals surface area contributed by atoms with Gasteiger partial charge in [-0.2, -0.15) is 0 Å². The van der Waals surface area contributed by atoms with Crippen LogP contribution >= 0.6 is 11.3 Å². The predicted molar refractivity (Wildman–Crippen MR) is 77.7 cm³/mol. The van der Waals surface area contributed by atoms with E-state index in [4.69, 9.17) is 5.73 Å². The molecule has 0 aliphatic heterocycles. The minimum Gasteiger partial charge on any atom is -0.399 e. The topological polar surface area (TPSA) is 43.8 Å². The van der Waals surface area contributed by atoms with Crippen LogP contribution in [0.25, 0.3) is 21.7 Å². The normalized spacial score (nSPS) is 10.9. The average molecular weight is 255 g/mol. The SMILES string of the molecule is C=CCn1c(-c2cccs2)nc2cc(N)ccc21. The smallest absolute Gasteiger partial charge is 0.151 e. The number of imidazole rings is 1. The summed E-state index contributed by atoms with van der Waals surface area (Å²) < 4.78 is 2.16. The second kappa shape index (κ2) is 4.31. The molecule has 0 atom stereocenters. The number of anilines is 1. The van der Waals surface area contributed by atoms with Crippen molar-refractivity contribution in [1.82, 2.24) is 9.55 Å². The summed E-state index contributed by atoms with van der Waals surface area (Å²) in [6, 6.07) is 9.94. The fraction of sp³-hybridized carbons (Fsp3) is 0.0714. The highest BCUT2D eigenvalue weighted by molar-refractivity contribution is 7.13. The molecule has 0 saturated heterocycles. The van der Waals surface area contributed by atoms with Gasteiger partial charge in [-0.25, -0.2) is 4.98 Å². The molecule has 0 aliphatic rings. The molecule has 18 heavy (non-hydrogen) atoms. The van der Waals surface area contributed by atoms with E-state index in [1.807, 2.05) is 30.3 Å². The largest absolute Gasteiger partial charge is 0.399 e. The summed E-state index contributed by atoms with van der Waals surface area (Å²) in [4.78, 5) is 5.84. The van der Waals surface area contributed by atoms with Crippen molar-refractivity contribution in [2.45, 2.75) is 6.54 Å². The maximum atomic E-state index is 5.81. The first-order valence-corrected chi connectivity index (χ1v) is 6.58. The Bertz CT molecular complexity index is 695. The summed E-state index contributed by atoms with van der Waals surface area (Å²) in [6.07, 6.45) is 1.88. The van der Waals surface area contributed by atoms with E-state index in [1.54, 1.807) is 11.3 Å². The van der Waals surface area contributed by atoms with Crippen LogP contribution in [0.3, 0.4) is 0 Å². The molecule has 0 fully saturated rings. The van der Waals surface area contributed by atoms with Gasteiger partial charge in [0.25, 0.3) is 0 Å². The maximum Gasteiger partial charge on any atom is 0.151 e. The lowest BCUT2D eigenvalue weighted by molar-refractivity contribution is 0.864. The molecule has 0 aliphatic carbocycles. The second-order valence-corrected chi connectivity index (χ2v) is 5.01. The summed E-state index contributed by atoms with van der Waals surface area (Å²) in [5, 5.41) is 2.06. The molecule has 0 amide bonds. The van der Waals surface area contributed by atoms with E-state index in [9.17, 15) is 0 Å². The maximum absolute atomic E-state index is 5.81. The zero-order valence-corrected chi connectivity index (χ0v) is 10.7. The highest BCUT2D eigenvalue weighted by Crippen LogP contribution is 2.29. The minimum atomic E-state index is 0.739. The Morgan fingerprint density at radius 1 is 1.39 bits per heavy atom. The molecule has 0 unspecified atom stereocenters. The molecular weight excluding hydrogens is 242 g/mol. The van der Waals surface area contributed by atoms with Crippen LogP contribution in [0.5, 0.6) is 0 Å². The van der Waals surface area contributed by atoms with Crippen molar-refractivity contribution in [3.8, 4) is 10.7 Å². The minimum absolute atomic E-state index is 0.739. The van der Waals surface area contributed by atoms with Crippen LogP contribution in [0, 0.1) is 0 Å². The van der Waals surface area contributed by atoms with Gasteiger partial charge in [0.1, 0.15) is 0 Å². The van der Waals surface area contributed by atoms with E-state index in [0.717, 1.165) is 34.0 Å². The van der Waals surface area contributed by atoms with Crippen LogP contribution in [0.4, 0.5) is 5.69 Å². The standard InChI is InChI=1S/C14H13N3S/c1-2-7-17-12-6-5-10(15)9-11(12)16-14(17)13-4-3-8-18-13/h2-6,8-9H,1,7,15H2. The van der Waals surface area contributed by atoms with E-state index < -0.39 is 0 Å². The highest BCUT2D eigenvalue weighted by atomic mass is 32.1. The van der Waals surface area contributed by atoms with Gasteiger partial charge in [-0.1, -0.05) is 12.1 Å². The lowest BCUT2D eigenvalue weighted by Gasteiger charge is -2.04. The van der Waals surface area contributed by atoms with Gasteiger partial charge in [0.05, 0.1) is 15.9 Å². The lowest BCUT2D eigenvalue weighted by atomic mass is 10.3. The summed E-state index contributed by atoms with van der Waals surface area (Å²) in [6.45, 7) is 4.56. The fourth-order valence-corrected chi connectivity index (χ4v) is 2.78. The number of hydrogen-bond acceptors (Lipinski definition) is 3. The van der Waals surface area contributed by atoms with Crippen LogP contribution in [-0.4, -0.2) is 9.55 Å². The number of nitrogens with zero attached hydrogens (tertiary/aromatic N) is 2. The van der Waals surface area contributed by atoms with Gasteiger partial charge in [-0.05, 0) is 29.6 Å². The van der Waals surface area contributed by atoms with Gasteiger partial charge in [0.15, 0.2) is 5.82 Å². The molecule has 4 heteroatoms. The molecule has 90 valence electrons. The number of hydrogen-bond donors (Lipinski definition) is 1. The first-order valence-electron chi connectivity index (χ1n) is 5.70. The zero-order chi connectivity index (χ0) is 12.5. The van der Waals surface area contributed by atoms with E-state index in [1.165, 1.54) is 0 Å². The van der Waals surface area contributed by atoms with Crippen molar-refractivity contribution in [2.24, 2.45) is 0 Å². The quantitative estimate of drug-likeness (QED) is 0.574. The molecule has 0 bridgehead atoms. The molecule has 2 N–H and O–H groups in total. The monoisotopic (exact) mass is 255 g/mol. The first-order chi connectivity index (χ1) is 8.79. The van der Waals surface area contributed by atoms with Crippen molar-refractivity contribution in [2.75, 3.05) is 5.73 Å². The third-order valence-corrected chi connectivity index (χ3v) is 3.69. The van der Waals surface area contributed by atoms with Crippen molar-refractivity contribution in [1.29, 1.82) is 0 Å². The highest BCUT2D eigenvalue weighted by Gasteiger charge is 2.12. The van der Waals surface area contributed by atoms with Gasteiger partial charge >= 0.3 is 0 Å². The Hall–Kier alpha value is -2.07. The van der Waals surface area contributed by atoms with Crippen LogP contribution in [0.2, 0.25) is 0 Å². The molecule has 1 aromatic carbocycles. The van der Waals surface area contributed by atoms with E-state index >= 15 is 0 Å². The summed E-state index contributed by atoms with van der Waals surface area (Å²) in [5.74, 6) is 0.977. The van der Waals surface area contributed by atoms with Crippen molar-refractivity contribution in [3.05, 3.63) is 48.4 Å². The molecule has 0 saturated carbocycles. The molecule has 0 radical (unpaired) electrons. The van der Waals surface area contributed by atoms with Crippen molar-refractivity contribution in [3.63, 3.8) is 0 Å². The van der Waals surface area contributed by atoms with E-state index in [2.05, 4.69) is 27.6 Å².